The van der Waals surface area contributed by atoms with E-state index < -0.39 is 0 Å². The van der Waals surface area contributed by atoms with Gasteiger partial charge in [-0.3, -0.25) is 9.97 Å². The number of nitrogens with one attached hydrogen (secondary N) is 1. The van der Waals surface area contributed by atoms with E-state index in [1.54, 1.807) is 18.5 Å². The SMILES string of the molecule is NC(=S)c1ccc(Nc2cccc3ncccc23)cn1. The highest BCUT2D eigenvalue weighted by Crippen LogP contribution is 2.24. The van der Waals surface area contributed by atoms with Gasteiger partial charge in [0.2, 0.25) is 0 Å². The second-order valence-corrected chi connectivity index (χ2v) is 4.74. The summed E-state index contributed by atoms with van der Waals surface area (Å²) in [5.74, 6) is 0. The number of anilines is 2. The van der Waals surface area contributed by atoms with E-state index in [-0.39, 0.29) is 0 Å². The summed E-state index contributed by atoms with van der Waals surface area (Å²) in [4.78, 5) is 8.84. The first-order valence-corrected chi connectivity index (χ1v) is 6.51. The topological polar surface area (TPSA) is 63.8 Å². The third kappa shape index (κ3) is 2.44. The molecular formula is C15H12N4S. The Morgan fingerprint density at radius 1 is 1.05 bits per heavy atom. The highest BCUT2D eigenvalue weighted by molar-refractivity contribution is 7.80. The molecule has 0 bridgehead atoms. The molecule has 5 heteroatoms. The van der Waals surface area contributed by atoms with Crippen molar-refractivity contribution in [3.05, 3.63) is 60.6 Å². The minimum absolute atomic E-state index is 0.297. The fraction of sp³-hybridized carbons (Fsp3) is 0. The van der Waals surface area contributed by atoms with E-state index >= 15 is 0 Å². The van der Waals surface area contributed by atoms with Crippen LogP contribution in [0.25, 0.3) is 10.9 Å². The summed E-state index contributed by atoms with van der Waals surface area (Å²) >= 11 is 4.88. The molecule has 0 spiro atoms. The number of hydrogen-bond acceptors (Lipinski definition) is 4. The van der Waals surface area contributed by atoms with Crippen LogP contribution in [0.2, 0.25) is 0 Å². The van der Waals surface area contributed by atoms with Crippen LogP contribution in [-0.2, 0) is 0 Å². The average Bonchev–Trinajstić information content (AvgIpc) is 2.48. The Morgan fingerprint density at radius 3 is 2.70 bits per heavy atom. The first-order chi connectivity index (χ1) is 9.74. The molecular weight excluding hydrogens is 268 g/mol. The van der Waals surface area contributed by atoms with Crippen molar-refractivity contribution in [2.45, 2.75) is 0 Å². The van der Waals surface area contributed by atoms with Crippen molar-refractivity contribution in [1.82, 2.24) is 9.97 Å². The van der Waals surface area contributed by atoms with Gasteiger partial charge in [-0.15, -0.1) is 0 Å². The summed E-state index contributed by atoms with van der Waals surface area (Å²) in [5.41, 5.74) is 8.96. The van der Waals surface area contributed by atoms with Gasteiger partial charge < -0.3 is 11.1 Å². The summed E-state index contributed by atoms with van der Waals surface area (Å²) in [6.07, 6.45) is 3.49. The number of pyridine rings is 2. The van der Waals surface area contributed by atoms with Gasteiger partial charge in [0.1, 0.15) is 4.99 Å². The molecule has 4 nitrogen and oxygen atoms in total. The van der Waals surface area contributed by atoms with E-state index in [1.807, 2.05) is 36.4 Å². The maximum absolute atomic E-state index is 5.53. The molecule has 2 heterocycles. The van der Waals surface area contributed by atoms with E-state index in [0.29, 0.717) is 10.7 Å². The molecule has 98 valence electrons. The monoisotopic (exact) mass is 280 g/mol. The predicted octanol–water partition coefficient (Wildman–Crippen LogP) is 3.01. The largest absolute Gasteiger partial charge is 0.388 e. The Balaban J connectivity index is 1.95. The van der Waals surface area contributed by atoms with Gasteiger partial charge in [-0.1, -0.05) is 18.3 Å². The summed E-state index contributed by atoms with van der Waals surface area (Å²) in [7, 11) is 0. The number of hydrogen-bond donors (Lipinski definition) is 2. The van der Waals surface area contributed by atoms with Crippen LogP contribution in [-0.4, -0.2) is 15.0 Å². The standard InChI is InChI=1S/C15H12N4S/c16-15(20)14-7-6-10(9-18-14)19-13-5-1-4-12-11(13)3-2-8-17-12/h1-9,19H,(H2,16,20). The number of fused-ring (bicyclic) bond motifs is 1. The Kier molecular flexibility index (Phi) is 3.26. The van der Waals surface area contributed by atoms with Crippen molar-refractivity contribution in [1.29, 1.82) is 0 Å². The maximum atomic E-state index is 5.53. The van der Waals surface area contributed by atoms with Gasteiger partial charge in [-0.2, -0.15) is 0 Å². The molecule has 0 amide bonds. The molecule has 3 N–H and O–H groups in total. The fourth-order valence-corrected chi connectivity index (χ4v) is 2.10. The Hall–Kier alpha value is -2.53. The summed E-state index contributed by atoms with van der Waals surface area (Å²) in [6.45, 7) is 0. The molecule has 0 saturated carbocycles. The van der Waals surface area contributed by atoms with Crippen molar-refractivity contribution in [3.63, 3.8) is 0 Å². The molecule has 0 aliphatic heterocycles. The molecule has 3 rings (SSSR count). The average molecular weight is 280 g/mol. The zero-order valence-electron chi connectivity index (χ0n) is 10.6. The van der Waals surface area contributed by atoms with Gasteiger partial charge in [0.25, 0.3) is 0 Å². The Labute approximate surface area is 121 Å². The molecule has 0 unspecified atom stereocenters. The lowest BCUT2D eigenvalue weighted by molar-refractivity contribution is 1.29. The molecule has 1 aromatic carbocycles. The lowest BCUT2D eigenvalue weighted by Crippen LogP contribution is -2.11. The van der Waals surface area contributed by atoms with Crippen LogP contribution in [0.5, 0.6) is 0 Å². The smallest absolute Gasteiger partial charge is 0.122 e. The van der Waals surface area contributed by atoms with E-state index in [1.165, 1.54) is 0 Å². The molecule has 0 fully saturated rings. The molecule has 3 aromatic rings. The van der Waals surface area contributed by atoms with E-state index in [0.717, 1.165) is 22.3 Å². The van der Waals surface area contributed by atoms with Gasteiger partial charge >= 0.3 is 0 Å². The predicted molar refractivity (Wildman–Crippen MR) is 85.2 cm³/mol. The van der Waals surface area contributed by atoms with Crippen molar-refractivity contribution < 1.29 is 0 Å². The Bertz CT molecular complexity index is 763. The van der Waals surface area contributed by atoms with E-state index in [4.69, 9.17) is 18.0 Å². The minimum atomic E-state index is 0.297. The van der Waals surface area contributed by atoms with Crippen LogP contribution in [0.1, 0.15) is 5.69 Å². The fourth-order valence-electron chi connectivity index (χ4n) is 1.98. The zero-order valence-corrected chi connectivity index (χ0v) is 11.4. The molecule has 0 aliphatic carbocycles. The molecule has 0 saturated heterocycles. The van der Waals surface area contributed by atoms with Crippen LogP contribution in [0.4, 0.5) is 11.4 Å². The van der Waals surface area contributed by atoms with Crippen LogP contribution >= 0.6 is 12.2 Å². The highest BCUT2D eigenvalue weighted by Gasteiger charge is 2.03. The van der Waals surface area contributed by atoms with Crippen LogP contribution in [0.3, 0.4) is 0 Å². The zero-order chi connectivity index (χ0) is 13.9. The van der Waals surface area contributed by atoms with Crippen molar-refractivity contribution >= 4 is 39.5 Å². The van der Waals surface area contributed by atoms with Crippen LogP contribution < -0.4 is 11.1 Å². The van der Waals surface area contributed by atoms with Gasteiger partial charge in [0, 0.05) is 17.3 Å². The molecule has 0 aliphatic rings. The number of nitrogens with two attached hydrogens (primary N) is 1. The Morgan fingerprint density at radius 2 is 1.95 bits per heavy atom. The number of nitrogens with zero attached hydrogens (tertiary/aromatic N) is 2. The first kappa shape index (κ1) is 12.5. The first-order valence-electron chi connectivity index (χ1n) is 6.11. The third-order valence-corrected chi connectivity index (χ3v) is 3.15. The van der Waals surface area contributed by atoms with Gasteiger partial charge in [-0.25, -0.2) is 0 Å². The summed E-state index contributed by atoms with van der Waals surface area (Å²) < 4.78 is 0. The van der Waals surface area contributed by atoms with E-state index in [9.17, 15) is 0 Å². The molecule has 2 aromatic heterocycles. The molecule has 0 radical (unpaired) electrons. The van der Waals surface area contributed by atoms with Crippen LogP contribution in [0, 0.1) is 0 Å². The van der Waals surface area contributed by atoms with Gasteiger partial charge in [0.05, 0.1) is 23.1 Å². The summed E-state index contributed by atoms with van der Waals surface area (Å²) in [6, 6.07) is 13.6. The summed E-state index contributed by atoms with van der Waals surface area (Å²) in [5, 5.41) is 4.39. The maximum Gasteiger partial charge on any atom is 0.122 e. The number of rotatable bonds is 3. The quantitative estimate of drug-likeness (QED) is 0.722. The third-order valence-electron chi connectivity index (χ3n) is 2.94. The van der Waals surface area contributed by atoms with E-state index in [2.05, 4.69) is 15.3 Å². The van der Waals surface area contributed by atoms with Gasteiger partial charge in [0.15, 0.2) is 0 Å². The number of thiocarbonyl (C=S) groups is 1. The second-order valence-electron chi connectivity index (χ2n) is 4.30. The lowest BCUT2D eigenvalue weighted by atomic mass is 10.2. The molecule has 20 heavy (non-hydrogen) atoms. The second kappa shape index (κ2) is 5.22. The lowest BCUT2D eigenvalue weighted by Gasteiger charge is -2.09. The number of benzene rings is 1. The van der Waals surface area contributed by atoms with Gasteiger partial charge in [-0.05, 0) is 36.4 Å². The number of aromatic nitrogens is 2. The minimum Gasteiger partial charge on any atom is -0.388 e. The van der Waals surface area contributed by atoms with Crippen molar-refractivity contribution in [2.24, 2.45) is 5.73 Å². The normalized spacial score (nSPS) is 10.4. The highest BCUT2D eigenvalue weighted by atomic mass is 32.1. The van der Waals surface area contributed by atoms with Crippen LogP contribution in [0.15, 0.2) is 54.9 Å². The molecule has 0 atom stereocenters. The van der Waals surface area contributed by atoms with Crippen molar-refractivity contribution in [2.75, 3.05) is 5.32 Å². The van der Waals surface area contributed by atoms with Crippen molar-refractivity contribution in [3.8, 4) is 0 Å².